The molecule has 0 spiro atoms. The van der Waals surface area contributed by atoms with Gasteiger partial charge in [0, 0.05) is 25.7 Å². The highest BCUT2D eigenvalue weighted by atomic mass is 16.5. The average Bonchev–Trinajstić information content (AvgIpc) is 2.78. The van der Waals surface area contributed by atoms with Gasteiger partial charge >= 0.3 is 0 Å². The summed E-state index contributed by atoms with van der Waals surface area (Å²) in [6.07, 6.45) is 2.42. The van der Waals surface area contributed by atoms with Crippen LogP contribution in [0.2, 0.25) is 0 Å². The topological polar surface area (TPSA) is 65.9 Å². The molecule has 0 radical (unpaired) electrons. The van der Waals surface area contributed by atoms with Crippen LogP contribution in [0.4, 0.5) is 0 Å². The van der Waals surface area contributed by atoms with E-state index < -0.39 is 0 Å². The standard InChI is InChI=1S/C22H25N3O4/c1-26-20-15-19-18(22(24-16-23-19)29-17-6-3-2-4-7-17)14-21(20)28-11-5-8-25-9-12-27-13-10-25/h2-4,6-7,14-16H,5,8-13H2,1H3. The fraction of sp³-hybridized carbons (Fsp3) is 0.364. The molecule has 2 aromatic carbocycles. The third kappa shape index (κ3) is 4.93. The van der Waals surface area contributed by atoms with Gasteiger partial charge in [-0.3, -0.25) is 4.90 Å². The summed E-state index contributed by atoms with van der Waals surface area (Å²) in [6.45, 7) is 5.17. The zero-order chi connectivity index (χ0) is 19.9. The summed E-state index contributed by atoms with van der Waals surface area (Å²) in [5.41, 5.74) is 0.739. The van der Waals surface area contributed by atoms with Crippen LogP contribution in [0, 0.1) is 0 Å². The van der Waals surface area contributed by atoms with Crippen LogP contribution in [0.25, 0.3) is 10.9 Å². The predicted octanol–water partition coefficient (Wildman–Crippen LogP) is 3.53. The second-order valence-electron chi connectivity index (χ2n) is 6.77. The van der Waals surface area contributed by atoms with Gasteiger partial charge in [-0.15, -0.1) is 0 Å². The minimum atomic E-state index is 0.488. The van der Waals surface area contributed by atoms with Gasteiger partial charge in [0.25, 0.3) is 0 Å². The van der Waals surface area contributed by atoms with E-state index in [1.807, 2.05) is 42.5 Å². The molecule has 0 amide bonds. The molecule has 0 aliphatic carbocycles. The van der Waals surface area contributed by atoms with Gasteiger partial charge in [-0.05, 0) is 24.6 Å². The maximum Gasteiger partial charge on any atom is 0.230 e. The molecule has 1 fully saturated rings. The molecule has 0 N–H and O–H groups in total. The van der Waals surface area contributed by atoms with Gasteiger partial charge in [-0.1, -0.05) is 18.2 Å². The second-order valence-corrected chi connectivity index (χ2v) is 6.77. The van der Waals surface area contributed by atoms with Crippen molar-refractivity contribution in [2.24, 2.45) is 0 Å². The van der Waals surface area contributed by atoms with Gasteiger partial charge in [-0.25, -0.2) is 9.97 Å². The highest BCUT2D eigenvalue weighted by molar-refractivity contribution is 5.87. The molecule has 0 unspecified atom stereocenters. The number of fused-ring (bicyclic) bond motifs is 1. The van der Waals surface area contributed by atoms with Crippen molar-refractivity contribution >= 4 is 10.9 Å². The molecule has 4 rings (SSSR count). The largest absolute Gasteiger partial charge is 0.493 e. The molecule has 0 atom stereocenters. The van der Waals surface area contributed by atoms with Crippen molar-refractivity contribution in [3.8, 4) is 23.1 Å². The Morgan fingerprint density at radius 3 is 2.66 bits per heavy atom. The van der Waals surface area contributed by atoms with Gasteiger partial charge in [0.2, 0.25) is 5.88 Å². The van der Waals surface area contributed by atoms with Crippen molar-refractivity contribution in [3.63, 3.8) is 0 Å². The van der Waals surface area contributed by atoms with Gasteiger partial charge in [0.1, 0.15) is 12.1 Å². The first-order valence-electron chi connectivity index (χ1n) is 9.82. The molecule has 7 heteroatoms. The average molecular weight is 395 g/mol. The van der Waals surface area contributed by atoms with E-state index in [0.717, 1.165) is 55.9 Å². The number of rotatable bonds is 8. The van der Waals surface area contributed by atoms with E-state index >= 15 is 0 Å². The minimum Gasteiger partial charge on any atom is -0.493 e. The third-order valence-corrected chi connectivity index (χ3v) is 4.82. The lowest BCUT2D eigenvalue weighted by molar-refractivity contribution is 0.0357. The molecule has 29 heavy (non-hydrogen) atoms. The Labute approximate surface area is 170 Å². The molecular formula is C22H25N3O4. The minimum absolute atomic E-state index is 0.488. The second kappa shape index (κ2) is 9.54. The summed E-state index contributed by atoms with van der Waals surface area (Å²) in [4.78, 5) is 11.0. The number of nitrogens with zero attached hydrogens (tertiary/aromatic N) is 3. The van der Waals surface area contributed by atoms with Gasteiger partial charge in [-0.2, -0.15) is 0 Å². The first-order valence-corrected chi connectivity index (χ1v) is 9.82. The van der Waals surface area contributed by atoms with Gasteiger partial charge in [0.05, 0.1) is 37.8 Å². The Morgan fingerprint density at radius 2 is 1.86 bits per heavy atom. The Hall–Kier alpha value is -2.90. The predicted molar refractivity (Wildman–Crippen MR) is 110 cm³/mol. The molecule has 2 heterocycles. The van der Waals surface area contributed by atoms with E-state index in [1.165, 1.54) is 6.33 Å². The van der Waals surface area contributed by atoms with Crippen LogP contribution in [-0.2, 0) is 4.74 Å². The summed E-state index contributed by atoms with van der Waals surface area (Å²) in [6, 6.07) is 13.3. The number of aromatic nitrogens is 2. The number of benzene rings is 2. The monoisotopic (exact) mass is 395 g/mol. The van der Waals surface area contributed by atoms with Crippen molar-refractivity contribution in [3.05, 3.63) is 48.8 Å². The van der Waals surface area contributed by atoms with E-state index in [1.54, 1.807) is 7.11 Å². The molecule has 1 aliphatic heterocycles. The van der Waals surface area contributed by atoms with Crippen molar-refractivity contribution in [1.29, 1.82) is 0 Å². The Balaban J connectivity index is 1.49. The van der Waals surface area contributed by atoms with Crippen molar-refractivity contribution < 1.29 is 18.9 Å². The maximum absolute atomic E-state index is 6.04. The summed E-state index contributed by atoms with van der Waals surface area (Å²) in [5, 5.41) is 0.778. The molecule has 152 valence electrons. The molecule has 0 saturated carbocycles. The number of para-hydroxylation sites is 1. The van der Waals surface area contributed by atoms with E-state index in [9.17, 15) is 0 Å². The summed E-state index contributed by atoms with van der Waals surface area (Å²) >= 11 is 0. The van der Waals surface area contributed by atoms with E-state index in [-0.39, 0.29) is 0 Å². The Morgan fingerprint density at radius 1 is 1.03 bits per heavy atom. The Kier molecular flexibility index (Phi) is 6.38. The molecular weight excluding hydrogens is 370 g/mol. The Bertz CT molecular complexity index is 930. The lowest BCUT2D eigenvalue weighted by atomic mass is 10.2. The highest BCUT2D eigenvalue weighted by Crippen LogP contribution is 2.36. The first-order chi connectivity index (χ1) is 14.3. The van der Waals surface area contributed by atoms with Crippen molar-refractivity contribution in [1.82, 2.24) is 14.9 Å². The number of ether oxygens (including phenoxy) is 4. The molecule has 1 aromatic heterocycles. The van der Waals surface area contributed by atoms with Gasteiger partial charge < -0.3 is 18.9 Å². The van der Waals surface area contributed by atoms with Gasteiger partial charge in [0.15, 0.2) is 11.5 Å². The number of morpholine rings is 1. The molecule has 0 bridgehead atoms. The summed E-state index contributed by atoms with van der Waals surface area (Å²) in [5.74, 6) is 2.52. The number of hydrogen-bond donors (Lipinski definition) is 0. The number of hydrogen-bond acceptors (Lipinski definition) is 7. The van der Waals surface area contributed by atoms with Crippen molar-refractivity contribution in [2.75, 3.05) is 46.6 Å². The van der Waals surface area contributed by atoms with Crippen LogP contribution >= 0.6 is 0 Å². The summed E-state index contributed by atoms with van der Waals surface area (Å²) < 4.78 is 22.9. The normalized spacial score (nSPS) is 14.7. The van der Waals surface area contributed by atoms with Crippen LogP contribution in [-0.4, -0.2) is 61.4 Å². The summed E-state index contributed by atoms with van der Waals surface area (Å²) in [7, 11) is 1.63. The first kappa shape index (κ1) is 19.4. The maximum atomic E-state index is 6.04. The fourth-order valence-electron chi connectivity index (χ4n) is 3.29. The molecule has 1 saturated heterocycles. The van der Waals surface area contributed by atoms with Crippen molar-refractivity contribution in [2.45, 2.75) is 6.42 Å². The van der Waals surface area contributed by atoms with Crippen LogP contribution in [0.5, 0.6) is 23.1 Å². The van der Waals surface area contributed by atoms with Crippen LogP contribution < -0.4 is 14.2 Å². The van der Waals surface area contributed by atoms with E-state index in [2.05, 4.69) is 14.9 Å². The lowest BCUT2D eigenvalue weighted by Gasteiger charge is -2.26. The quantitative estimate of drug-likeness (QED) is 0.541. The molecule has 3 aromatic rings. The zero-order valence-corrected chi connectivity index (χ0v) is 16.5. The smallest absolute Gasteiger partial charge is 0.230 e. The van der Waals surface area contributed by atoms with E-state index in [4.69, 9.17) is 18.9 Å². The highest BCUT2D eigenvalue weighted by Gasteiger charge is 2.14. The SMILES string of the molecule is COc1cc2ncnc(Oc3ccccc3)c2cc1OCCCN1CCOCC1. The van der Waals surface area contributed by atoms with Crippen LogP contribution in [0.15, 0.2) is 48.8 Å². The molecule has 1 aliphatic rings. The zero-order valence-electron chi connectivity index (χ0n) is 16.5. The third-order valence-electron chi connectivity index (χ3n) is 4.82. The van der Waals surface area contributed by atoms with Crippen LogP contribution in [0.1, 0.15) is 6.42 Å². The fourth-order valence-corrected chi connectivity index (χ4v) is 3.29. The van der Waals surface area contributed by atoms with Crippen LogP contribution in [0.3, 0.4) is 0 Å². The molecule has 7 nitrogen and oxygen atoms in total. The number of methoxy groups -OCH3 is 1. The lowest BCUT2D eigenvalue weighted by Crippen LogP contribution is -2.37. The van der Waals surface area contributed by atoms with E-state index in [0.29, 0.717) is 24.0 Å².